The lowest BCUT2D eigenvalue weighted by Crippen LogP contribution is -2.35. The molecule has 1 aromatic rings. The second-order valence-electron chi connectivity index (χ2n) is 4.54. The molecule has 19 heavy (non-hydrogen) atoms. The molecule has 1 aliphatic rings. The lowest BCUT2D eigenvalue weighted by atomic mass is 10.1. The number of ether oxygens (including phenoxy) is 2. The van der Waals surface area contributed by atoms with Crippen molar-refractivity contribution < 1.29 is 14.3 Å². The highest BCUT2D eigenvalue weighted by atomic mass is 79.9. The highest BCUT2D eigenvalue weighted by molar-refractivity contribution is 9.10. The number of hydrogen-bond acceptors (Lipinski definition) is 3. The molecule has 0 bridgehead atoms. The van der Waals surface area contributed by atoms with Crippen LogP contribution < -0.4 is 10.1 Å². The van der Waals surface area contributed by atoms with Gasteiger partial charge in [-0.3, -0.25) is 4.79 Å². The van der Waals surface area contributed by atoms with Crippen molar-refractivity contribution >= 4 is 21.8 Å². The third-order valence-electron chi connectivity index (χ3n) is 3.18. The minimum Gasteiger partial charge on any atom is -0.497 e. The Bertz CT molecular complexity index is 444. The van der Waals surface area contributed by atoms with Gasteiger partial charge in [-0.15, -0.1) is 0 Å². The Hall–Kier alpha value is -1.07. The molecule has 1 heterocycles. The first kappa shape index (κ1) is 14.3. The summed E-state index contributed by atoms with van der Waals surface area (Å²) in [5.74, 6) is 0.558. The van der Waals surface area contributed by atoms with Gasteiger partial charge in [-0.25, -0.2) is 0 Å². The van der Waals surface area contributed by atoms with E-state index in [9.17, 15) is 4.79 Å². The van der Waals surface area contributed by atoms with Crippen molar-refractivity contribution in [2.24, 2.45) is 0 Å². The average Bonchev–Trinajstić information content (AvgIpc) is 2.46. The number of hydrogen-bond donors (Lipinski definition) is 1. The Balaban J connectivity index is 1.95. The van der Waals surface area contributed by atoms with Gasteiger partial charge in [0.1, 0.15) is 5.75 Å². The van der Waals surface area contributed by atoms with E-state index in [1.54, 1.807) is 13.2 Å². The summed E-state index contributed by atoms with van der Waals surface area (Å²) in [5.41, 5.74) is 0.579. The van der Waals surface area contributed by atoms with E-state index in [0.29, 0.717) is 17.9 Å². The normalized spacial score (nSPS) is 18.9. The summed E-state index contributed by atoms with van der Waals surface area (Å²) < 4.78 is 11.5. The fraction of sp³-hybridized carbons (Fsp3) is 0.500. The van der Waals surface area contributed by atoms with Crippen LogP contribution in [0.1, 0.15) is 29.6 Å². The second kappa shape index (κ2) is 6.91. The molecule has 1 aliphatic heterocycles. The molecule has 5 heteroatoms. The smallest absolute Gasteiger partial charge is 0.252 e. The molecule has 104 valence electrons. The van der Waals surface area contributed by atoms with E-state index in [-0.39, 0.29) is 12.0 Å². The number of halogens is 1. The lowest BCUT2D eigenvalue weighted by molar-refractivity contribution is 0.0169. The van der Waals surface area contributed by atoms with Gasteiger partial charge >= 0.3 is 0 Å². The molecule has 1 amide bonds. The quantitative estimate of drug-likeness (QED) is 0.925. The van der Waals surface area contributed by atoms with Gasteiger partial charge in [-0.05, 0) is 53.4 Å². The summed E-state index contributed by atoms with van der Waals surface area (Å²) in [6, 6.07) is 5.34. The van der Waals surface area contributed by atoms with Crippen molar-refractivity contribution in [1.82, 2.24) is 5.32 Å². The minimum absolute atomic E-state index is 0.111. The van der Waals surface area contributed by atoms with E-state index in [0.717, 1.165) is 23.9 Å². The summed E-state index contributed by atoms with van der Waals surface area (Å²) in [6.45, 7) is 1.35. The predicted molar refractivity (Wildman–Crippen MR) is 76.6 cm³/mol. The van der Waals surface area contributed by atoms with Gasteiger partial charge in [0.2, 0.25) is 0 Å². The van der Waals surface area contributed by atoms with Gasteiger partial charge in [0.25, 0.3) is 5.91 Å². The molecule has 1 aromatic carbocycles. The summed E-state index contributed by atoms with van der Waals surface area (Å²) >= 11 is 3.38. The molecule has 1 unspecified atom stereocenters. The Morgan fingerprint density at radius 3 is 3.05 bits per heavy atom. The van der Waals surface area contributed by atoms with E-state index in [2.05, 4.69) is 21.2 Å². The average molecular weight is 328 g/mol. The molecule has 0 saturated carbocycles. The molecule has 2 rings (SSSR count). The maximum atomic E-state index is 12.1. The van der Waals surface area contributed by atoms with Gasteiger partial charge in [-0.1, -0.05) is 0 Å². The largest absolute Gasteiger partial charge is 0.497 e. The van der Waals surface area contributed by atoms with Gasteiger partial charge in [-0.2, -0.15) is 0 Å². The fourth-order valence-electron chi connectivity index (χ4n) is 2.08. The number of amides is 1. The van der Waals surface area contributed by atoms with E-state index in [1.807, 2.05) is 12.1 Å². The summed E-state index contributed by atoms with van der Waals surface area (Å²) in [6.07, 6.45) is 3.44. The van der Waals surface area contributed by atoms with E-state index < -0.39 is 0 Å². The van der Waals surface area contributed by atoms with Gasteiger partial charge in [0, 0.05) is 17.6 Å². The first-order chi connectivity index (χ1) is 9.20. The number of carbonyl (C=O) groups is 1. The van der Waals surface area contributed by atoms with E-state index in [4.69, 9.17) is 9.47 Å². The Morgan fingerprint density at radius 1 is 1.53 bits per heavy atom. The van der Waals surface area contributed by atoms with E-state index >= 15 is 0 Å². The fourth-order valence-corrected chi connectivity index (χ4v) is 2.50. The van der Waals surface area contributed by atoms with Crippen molar-refractivity contribution in [1.29, 1.82) is 0 Å². The third kappa shape index (κ3) is 3.94. The van der Waals surface area contributed by atoms with Crippen LogP contribution in [-0.2, 0) is 4.74 Å². The molecule has 0 aromatic heterocycles. The molecule has 1 atom stereocenters. The van der Waals surface area contributed by atoms with Crippen LogP contribution >= 0.6 is 15.9 Å². The molecule has 1 N–H and O–H groups in total. The lowest BCUT2D eigenvalue weighted by Gasteiger charge is -2.22. The minimum atomic E-state index is -0.111. The third-order valence-corrected chi connectivity index (χ3v) is 3.87. The zero-order valence-corrected chi connectivity index (χ0v) is 12.5. The summed E-state index contributed by atoms with van der Waals surface area (Å²) in [5, 5.41) is 2.91. The Kier molecular flexibility index (Phi) is 5.22. The van der Waals surface area contributed by atoms with Crippen molar-refractivity contribution in [2.75, 3.05) is 20.3 Å². The van der Waals surface area contributed by atoms with E-state index in [1.165, 1.54) is 6.42 Å². The standard InChI is InChI=1S/C14H18BrNO3/c1-18-10-5-6-13(15)12(8-10)14(17)16-9-11-4-2-3-7-19-11/h5-6,8,11H,2-4,7,9H2,1H3,(H,16,17). The molecule has 0 aliphatic carbocycles. The first-order valence-electron chi connectivity index (χ1n) is 6.44. The maximum Gasteiger partial charge on any atom is 0.252 e. The zero-order valence-electron chi connectivity index (χ0n) is 10.9. The summed E-state index contributed by atoms with van der Waals surface area (Å²) in [4.78, 5) is 12.1. The van der Waals surface area contributed by atoms with Crippen LogP contribution in [0, 0.1) is 0 Å². The Labute approximate surface area is 121 Å². The van der Waals surface area contributed by atoms with Crippen LogP contribution in [0.4, 0.5) is 0 Å². The first-order valence-corrected chi connectivity index (χ1v) is 7.23. The highest BCUT2D eigenvalue weighted by Crippen LogP contribution is 2.22. The van der Waals surface area contributed by atoms with Gasteiger partial charge in [0.15, 0.2) is 0 Å². The predicted octanol–water partition coefficient (Wildman–Crippen LogP) is 2.76. The molecule has 0 spiro atoms. The Morgan fingerprint density at radius 2 is 2.37 bits per heavy atom. The van der Waals surface area contributed by atoms with Crippen molar-refractivity contribution in [3.05, 3.63) is 28.2 Å². The molecular formula is C14H18BrNO3. The summed E-state index contributed by atoms with van der Waals surface area (Å²) in [7, 11) is 1.58. The molecule has 0 radical (unpaired) electrons. The monoisotopic (exact) mass is 327 g/mol. The second-order valence-corrected chi connectivity index (χ2v) is 5.40. The number of carbonyl (C=O) groups excluding carboxylic acids is 1. The molecule has 4 nitrogen and oxygen atoms in total. The van der Waals surface area contributed by atoms with Crippen LogP contribution in [0.2, 0.25) is 0 Å². The van der Waals surface area contributed by atoms with Crippen molar-refractivity contribution in [3.63, 3.8) is 0 Å². The highest BCUT2D eigenvalue weighted by Gasteiger charge is 2.16. The van der Waals surface area contributed by atoms with Crippen LogP contribution in [0.5, 0.6) is 5.75 Å². The van der Waals surface area contributed by atoms with Gasteiger partial charge < -0.3 is 14.8 Å². The number of nitrogens with one attached hydrogen (secondary N) is 1. The van der Waals surface area contributed by atoms with Crippen LogP contribution in [0.25, 0.3) is 0 Å². The van der Waals surface area contributed by atoms with Crippen LogP contribution in [0.3, 0.4) is 0 Å². The van der Waals surface area contributed by atoms with Crippen LogP contribution in [-0.4, -0.2) is 32.3 Å². The maximum absolute atomic E-state index is 12.1. The molecule has 1 saturated heterocycles. The van der Waals surface area contributed by atoms with Gasteiger partial charge in [0.05, 0.1) is 18.8 Å². The number of benzene rings is 1. The SMILES string of the molecule is COc1ccc(Br)c(C(=O)NCC2CCCCO2)c1. The van der Waals surface area contributed by atoms with Crippen LogP contribution in [0.15, 0.2) is 22.7 Å². The molecular weight excluding hydrogens is 310 g/mol. The topological polar surface area (TPSA) is 47.6 Å². The number of rotatable bonds is 4. The zero-order chi connectivity index (χ0) is 13.7. The van der Waals surface area contributed by atoms with Crippen molar-refractivity contribution in [2.45, 2.75) is 25.4 Å². The number of methoxy groups -OCH3 is 1. The molecule has 1 fully saturated rings. The van der Waals surface area contributed by atoms with Crippen molar-refractivity contribution in [3.8, 4) is 5.75 Å².